The fourth-order valence-electron chi connectivity index (χ4n) is 2.21. The second kappa shape index (κ2) is 9.06. The van der Waals surface area contributed by atoms with Crippen LogP contribution in [-0.4, -0.2) is 32.2 Å². The number of benzene rings is 1. The molecule has 0 fully saturated rings. The second-order valence-electron chi connectivity index (χ2n) is 6.34. The summed E-state index contributed by atoms with van der Waals surface area (Å²) in [6, 6.07) is 4.91. The number of alkyl halides is 1. The number of nitrogens with zero attached hydrogens (tertiary/aromatic N) is 3. The van der Waals surface area contributed by atoms with E-state index < -0.39 is 17.7 Å². The van der Waals surface area contributed by atoms with E-state index in [9.17, 15) is 4.79 Å². The lowest BCUT2D eigenvalue weighted by Crippen LogP contribution is -2.44. The molecule has 1 aromatic carbocycles. The highest BCUT2D eigenvalue weighted by Crippen LogP contribution is 2.37. The third-order valence-corrected chi connectivity index (χ3v) is 5.74. The Hall–Kier alpha value is -1.31. The van der Waals surface area contributed by atoms with Crippen molar-refractivity contribution in [1.82, 2.24) is 14.8 Å². The van der Waals surface area contributed by atoms with Gasteiger partial charge in [-0.1, -0.05) is 59.9 Å². The van der Waals surface area contributed by atoms with E-state index in [4.69, 9.17) is 32.7 Å². The van der Waals surface area contributed by atoms with Gasteiger partial charge in [0.15, 0.2) is 6.10 Å². The van der Waals surface area contributed by atoms with E-state index in [0.717, 1.165) is 0 Å². The van der Waals surface area contributed by atoms with Gasteiger partial charge in [-0.25, -0.2) is 9.67 Å². The van der Waals surface area contributed by atoms with E-state index in [1.807, 2.05) is 13.8 Å². The third-order valence-electron chi connectivity index (χ3n) is 3.76. The molecule has 2 rings (SSSR count). The van der Waals surface area contributed by atoms with Gasteiger partial charge in [0.1, 0.15) is 18.4 Å². The van der Waals surface area contributed by atoms with Gasteiger partial charge in [-0.05, 0) is 18.2 Å². The molecule has 0 amide bonds. The Bertz CT molecular complexity index is 741. The molecule has 1 aromatic heterocycles. The zero-order valence-corrected chi connectivity index (χ0v) is 17.8. The van der Waals surface area contributed by atoms with Crippen molar-refractivity contribution in [2.45, 2.75) is 39.5 Å². The van der Waals surface area contributed by atoms with Gasteiger partial charge in [0, 0.05) is 22.2 Å². The van der Waals surface area contributed by atoms with Crippen molar-refractivity contribution in [3.63, 3.8) is 0 Å². The Kier molecular flexibility index (Phi) is 7.32. The average Bonchev–Trinajstić information content (AvgIpc) is 3.13. The summed E-state index contributed by atoms with van der Waals surface area (Å²) in [6.07, 6.45) is 1.73. The van der Waals surface area contributed by atoms with Crippen LogP contribution in [-0.2, 0) is 9.53 Å². The van der Waals surface area contributed by atoms with Gasteiger partial charge in [-0.15, -0.1) is 0 Å². The van der Waals surface area contributed by atoms with Crippen molar-refractivity contribution in [2.75, 3.05) is 5.33 Å². The van der Waals surface area contributed by atoms with Gasteiger partial charge in [0.2, 0.25) is 6.23 Å². The van der Waals surface area contributed by atoms with Gasteiger partial charge in [-0.3, -0.25) is 4.79 Å². The predicted octanol–water partition coefficient (Wildman–Crippen LogP) is 4.91. The molecule has 1 heterocycles. The lowest BCUT2D eigenvalue weighted by Gasteiger charge is -2.37. The standard InChI is InChI=1S/C17H20BrCl2N3O3/c1-4-14(24)26-15(17(2,3)8-18)16(23-10-21-9-22-23)25-13-6-5-11(19)7-12(13)20/h5-7,9-10,15-16H,4,8H2,1-3H3. The van der Waals surface area contributed by atoms with Crippen LogP contribution in [0.25, 0.3) is 0 Å². The molecule has 0 N–H and O–H groups in total. The van der Waals surface area contributed by atoms with Crippen LogP contribution in [0.4, 0.5) is 0 Å². The van der Waals surface area contributed by atoms with Gasteiger partial charge < -0.3 is 9.47 Å². The van der Waals surface area contributed by atoms with Crippen LogP contribution in [0, 0.1) is 5.41 Å². The highest BCUT2D eigenvalue weighted by molar-refractivity contribution is 9.09. The van der Waals surface area contributed by atoms with Crippen LogP contribution >= 0.6 is 39.1 Å². The summed E-state index contributed by atoms with van der Waals surface area (Å²) in [4.78, 5) is 16.0. The first-order valence-corrected chi connectivity index (χ1v) is 9.87. The Morgan fingerprint density at radius 3 is 2.65 bits per heavy atom. The van der Waals surface area contributed by atoms with E-state index in [0.29, 0.717) is 21.1 Å². The molecule has 0 aliphatic heterocycles. The van der Waals surface area contributed by atoms with Crippen molar-refractivity contribution in [1.29, 1.82) is 0 Å². The maximum atomic E-state index is 12.0. The summed E-state index contributed by atoms with van der Waals surface area (Å²) >= 11 is 15.7. The molecular weight excluding hydrogens is 445 g/mol. The highest BCUT2D eigenvalue weighted by atomic mass is 79.9. The molecule has 2 unspecified atom stereocenters. The molecule has 2 aromatic rings. The molecule has 9 heteroatoms. The molecule has 0 aliphatic rings. The van der Waals surface area contributed by atoms with Crippen LogP contribution < -0.4 is 4.74 Å². The Morgan fingerprint density at radius 2 is 2.12 bits per heavy atom. The fourth-order valence-corrected chi connectivity index (χ4v) is 2.98. The Morgan fingerprint density at radius 1 is 1.38 bits per heavy atom. The van der Waals surface area contributed by atoms with Crippen LogP contribution in [0.2, 0.25) is 10.0 Å². The minimum Gasteiger partial charge on any atom is -0.463 e. The number of rotatable bonds is 8. The molecule has 6 nitrogen and oxygen atoms in total. The number of hydrogen-bond donors (Lipinski definition) is 0. The van der Waals surface area contributed by atoms with Crippen LogP contribution in [0.5, 0.6) is 5.75 Å². The third kappa shape index (κ3) is 5.11. The molecule has 0 spiro atoms. The first kappa shape index (κ1) is 21.0. The molecule has 0 saturated heterocycles. The number of carbonyl (C=O) groups excluding carboxylic acids is 1. The summed E-state index contributed by atoms with van der Waals surface area (Å²) in [6.45, 7) is 5.67. The molecule has 0 radical (unpaired) electrons. The minimum atomic E-state index is -0.765. The van der Waals surface area contributed by atoms with E-state index in [2.05, 4.69) is 26.0 Å². The summed E-state index contributed by atoms with van der Waals surface area (Å²) in [5.41, 5.74) is -0.458. The topological polar surface area (TPSA) is 66.2 Å². The van der Waals surface area contributed by atoms with E-state index >= 15 is 0 Å². The van der Waals surface area contributed by atoms with Crippen molar-refractivity contribution in [3.05, 3.63) is 40.9 Å². The summed E-state index contributed by atoms with van der Waals surface area (Å²) in [5, 5.41) is 5.58. The normalized spacial score (nSPS) is 13.9. The number of halogens is 3. The smallest absolute Gasteiger partial charge is 0.306 e. The zero-order valence-electron chi connectivity index (χ0n) is 14.7. The largest absolute Gasteiger partial charge is 0.463 e. The maximum absolute atomic E-state index is 12.0. The lowest BCUT2D eigenvalue weighted by molar-refractivity contribution is -0.168. The fraction of sp³-hybridized carbons (Fsp3) is 0.471. The first-order valence-electron chi connectivity index (χ1n) is 7.99. The van der Waals surface area contributed by atoms with Gasteiger partial charge in [0.25, 0.3) is 0 Å². The molecule has 0 aliphatic carbocycles. The van der Waals surface area contributed by atoms with Crippen molar-refractivity contribution >= 4 is 45.1 Å². The molecule has 0 bridgehead atoms. The number of carbonyl (C=O) groups is 1. The number of esters is 1. The molecule has 142 valence electrons. The maximum Gasteiger partial charge on any atom is 0.306 e. The first-order chi connectivity index (χ1) is 12.3. The SMILES string of the molecule is CCC(=O)OC(C(Oc1ccc(Cl)cc1Cl)n1cncn1)C(C)(C)CBr. The zero-order chi connectivity index (χ0) is 19.3. The Balaban J connectivity index is 2.45. The number of hydrogen-bond acceptors (Lipinski definition) is 5. The highest BCUT2D eigenvalue weighted by Gasteiger charge is 2.41. The van der Waals surface area contributed by atoms with Crippen molar-refractivity contribution < 1.29 is 14.3 Å². The Labute approximate surface area is 170 Å². The quantitative estimate of drug-likeness (QED) is 0.410. The molecule has 2 atom stereocenters. The van der Waals surface area contributed by atoms with Gasteiger partial charge >= 0.3 is 5.97 Å². The number of aromatic nitrogens is 3. The van der Waals surface area contributed by atoms with Crippen LogP contribution in [0.1, 0.15) is 33.4 Å². The van der Waals surface area contributed by atoms with E-state index in [1.54, 1.807) is 25.1 Å². The van der Waals surface area contributed by atoms with Crippen molar-refractivity contribution in [3.8, 4) is 5.75 Å². The average molecular weight is 465 g/mol. The van der Waals surface area contributed by atoms with Gasteiger partial charge in [0.05, 0.1) is 5.02 Å². The molecule has 0 saturated carbocycles. The van der Waals surface area contributed by atoms with Crippen LogP contribution in [0.3, 0.4) is 0 Å². The number of ether oxygens (including phenoxy) is 2. The summed E-state index contributed by atoms with van der Waals surface area (Å²) in [5.74, 6) is 0.0689. The molecular formula is C17H20BrCl2N3O3. The van der Waals surface area contributed by atoms with E-state index in [-0.39, 0.29) is 12.4 Å². The minimum absolute atomic E-state index is 0.251. The predicted molar refractivity (Wildman–Crippen MR) is 104 cm³/mol. The van der Waals surface area contributed by atoms with Gasteiger partial charge in [-0.2, -0.15) is 5.10 Å². The van der Waals surface area contributed by atoms with E-state index in [1.165, 1.54) is 17.3 Å². The monoisotopic (exact) mass is 463 g/mol. The summed E-state index contributed by atoms with van der Waals surface area (Å²) in [7, 11) is 0. The summed E-state index contributed by atoms with van der Waals surface area (Å²) < 4.78 is 13.3. The van der Waals surface area contributed by atoms with Crippen molar-refractivity contribution in [2.24, 2.45) is 5.41 Å². The molecule has 26 heavy (non-hydrogen) atoms. The van der Waals surface area contributed by atoms with Crippen LogP contribution in [0.15, 0.2) is 30.9 Å². The lowest BCUT2D eigenvalue weighted by atomic mass is 9.87. The second-order valence-corrected chi connectivity index (χ2v) is 7.75.